The summed E-state index contributed by atoms with van der Waals surface area (Å²) in [5.74, 6) is 1.75. The normalized spacial score (nSPS) is 17.0. The van der Waals surface area contributed by atoms with Crippen molar-refractivity contribution in [3.8, 4) is 11.4 Å². The van der Waals surface area contributed by atoms with Crippen LogP contribution in [0.25, 0.3) is 16.9 Å². The molecular weight excluding hydrogens is 329 g/mol. The van der Waals surface area contributed by atoms with Crippen LogP contribution in [-0.4, -0.2) is 16.9 Å². The largest absolute Gasteiger partial charge is 0.345 e. The highest BCUT2D eigenvalue weighted by Gasteiger charge is 2.43. The molecule has 5 heteroatoms. The van der Waals surface area contributed by atoms with Crippen LogP contribution >= 0.6 is 0 Å². The molecule has 2 heterocycles. The molecule has 132 valence electrons. The molecule has 0 aliphatic heterocycles. The molecule has 0 saturated heterocycles. The number of carbonyl (C=O) groups excluding carboxylic acids is 1. The van der Waals surface area contributed by atoms with Crippen molar-refractivity contribution in [1.82, 2.24) is 10.3 Å². The maximum atomic E-state index is 13.3. The molecule has 1 aromatic carbocycles. The second-order valence-electron chi connectivity index (χ2n) is 7.49. The van der Waals surface area contributed by atoms with E-state index in [4.69, 9.17) is 0 Å². The Kier molecular flexibility index (Phi) is 3.55. The molecule has 4 nitrogen and oxygen atoms in total. The Bertz CT molecular complexity index is 959. The van der Waals surface area contributed by atoms with E-state index in [1.807, 2.05) is 28.8 Å². The van der Waals surface area contributed by atoms with Crippen molar-refractivity contribution in [3.63, 3.8) is 0 Å². The molecule has 0 unspecified atom stereocenters. The van der Waals surface area contributed by atoms with Crippen molar-refractivity contribution in [2.45, 2.75) is 31.7 Å². The van der Waals surface area contributed by atoms with Crippen LogP contribution in [0.5, 0.6) is 0 Å². The van der Waals surface area contributed by atoms with Gasteiger partial charge in [0.05, 0.1) is 11.8 Å². The Balaban J connectivity index is 1.53. The third kappa shape index (κ3) is 2.77. The first kappa shape index (κ1) is 15.6. The zero-order chi connectivity index (χ0) is 17.7. The van der Waals surface area contributed by atoms with Gasteiger partial charge < -0.3 is 5.32 Å². The van der Waals surface area contributed by atoms with E-state index >= 15 is 0 Å². The van der Waals surface area contributed by atoms with Crippen molar-refractivity contribution >= 4 is 11.4 Å². The number of H-pyrrole nitrogens is 1. The number of fused-ring (bicyclic) bond motifs is 1. The maximum Gasteiger partial charge on any atom is 0.295 e. The zero-order valence-corrected chi connectivity index (χ0v) is 14.4. The minimum atomic E-state index is -0.274. The summed E-state index contributed by atoms with van der Waals surface area (Å²) in [6.07, 6.45) is 6.82. The summed E-state index contributed by atoms with van der Waals surface area (Å²) in [7, 11) is 0. The van der Waals surface area contributed by atoms with Crippen LogP contribution in [-0.2, 0) is 0 Å². The second kappa shape index (κ2) is 5.94. The van der Waals surface area contributed by atoms with Crippen LogP contribution in [0.3, 0.4) is 0 Å². The Morgan fingerprint density at radius 3 is 2.42 bits per heavy atom. The van der Waals surface area contributed by atoms with Crippen LogP contribution < -0.4 is 9.72 Å². The summed E-state index contributed by atoms with van der Waals surface area (Å²) in [5.41, 5.74) is 2.23. The van der Waals surface area contributed by atoms with Gasteiger partial charge in [0.1, 0.15) is 5.82 Å². The molecule has 0 bridgehead atoms. The molecule has 0 radical (unpaired) electrons. The van der Waals surface area contributed by atoms with Gasteiger partial charge in [-0.3, -0.25) is 4.79 Å². The fraction of sp³-hybridized carbons (Fsp3) is 0.333. The van der Waals surface area contributed by atoms with Gasteiger partial charge in [-0.1, -0.05) is 6.07 Å². The molecule has 2 fully saturated rings. The lowest BCUT2D eigenvalue weighted by Gasteiger charge is -2.16. The van der Waals surface area contributed by atoms with Crippen LogP contribution in [0.2, 0.25) is 0 Å². The lowest BCUT2D eigenvalue weighted by atomic mass is 10.1. The average molecular weight is 350 g/mol. The molecule has 26 heavy (non-hydrogen) atoms. The van der Waals surface area contributed by atoms with Gasteiger partial charge >= 0.3 is 0 Å². The first-order valence-electron chi connectivity index (χ1n) is 9.30. The minimum Gasteiger partial charge on any atom is -0.345 e. The van der Waals surface area contributed by atoms with Crippen LogP contribution in [0.1, 0.15) is 36.2 Å². The van der Waals surface area contributed by atoms with E-state index < -0.39 is 0 Å². The van der Waals surface area contributed by atoms with Crippen molar-refractivity contribution in [1.29, 1.82) is 0 Å². The minimum absolute atomic E-state index is 0.0501. The number of hydrogen-bond donors (Lipinski definition) is 2. The maximum absolute atomic E-state index is 13.3. The lowest BCUT2D eigenvalue weighted by Crippen LogP contribution is -2.38. The standard InChI is InChI=1S/C21H20FN3O/c22-16-10-8-15(9-11-16)20-23-19(17-3-1-2-12-25(17)20)21(26)24-18(13-4-5-13)14-6-7-14/h1-3,8-14,18H,4-7H2,(H,24,26)/p+1. The van der Waals surface area contributed by atoms with Crippen LogP contribution in [0, 0.1) is 17.7 Å². The number of amides is 1. The summed E-state index contributed by atoms with van der Waals surface area (Å²) < 4.78 is 15.2. The lowest BCUT2D eigenvalue weighted by molar-refractivity contribution is -0.498. The monoisotopic (exact) mass is 350 g/mol. The summed E-state index contributed by atoms with van der Waals surface area (Å²) in [6.45, 7) is 0. The molecule has 2 N–H and O–H groups in total. The molecule has 1 amide bonds. The number of rotatable bonds is 5. The van der Waals surface area contributed by atoms with Gasteiger partial charge in [0.2, 0.25) is 5.69 Å². The Labute approximate surface area is 151 Å². The van der Waals surface area contributed by atoms with Crippen molar-refractivity contribution < 1.29 is 13.6 Å². The van der Waals surface area contributed by atoms with Gasteiger partial charge in [0.25, 0.3) is 11.7 Å². The van der Waals surface area contributed by atoms with Gasteiger partial charge in [0.15, 0.2) is 5.52 Å². The molecule has 5 rings (SSSR count). The number of hydrogen-bond acceptors (Lipinski definition) is 1. The number of halogens is 1. The molecule has 3 aromatic rings. The van der Waals surface area contributed by atoms with E-state index in [0.717, 1.165) is 16.9 Å². The number of benzene rings is 1. The van der Waals surface area contributed by atoms with Crippen LogP contribution in [0.15, 0.2) is 48.7 Å². The van der Waals surface area contributed by atoms with Crippen molar-refractivity contribution in [2.24, 2.45) is 11.8 Å². The predicted octanol–water partition coefficient (Wildman–Crippen LogP) is 3.48. The van der Waals surface area contributed by atoms with Gasteiger partial charge in [-0.05, 0) is 73.9 Å². The van der Waals surface area contributed by atoms with E-state index in [1.165, 1.54) is 37.8 Å². The summed E-state index contributed by atoms with van der Waals surface area (Å²) in [6, 6.07) is 12.4. The van der Waals surface area contributed by atoms with Crippen LogP contribution in [0.4, 0.5) is 4.39 Å². The number of aromatic amines is 1. The third-order valence-electron chi connectivity index (χ3n) is 5.50. The highest BCUT2D eigenvalue weighted by atomic mass is 19.1. The highest BCUT2D eigenvalue weighted by Crippen LogP contribution is 2.44. The molecule has 2 aliphatic rings. The fourth-order valence-corrected chi connectivity index (χ4v) is 3.83. The zero-order valence-electron chi connectivity index (χ0n) is 14.4. The molecule has 2 aromatic heterocycles. The fourth-order valence-electron chi connectivity index (χ4n) is 3.83. The first-order chi connectivity index (χ1) is 12.7. The number of carbonyl (C=O) groups is 1. The molecule has 0 atom stereocenters. The molecule has 2 aliphatic carbocycles. The van der Waals surface area contributed by atoms with Crippen molar-refractivity contribution in [2.75, 3.05) is 0 Å². The molecular formula is C21H21FN3O+. The van der Waals surface area contributed by atoms with E-state index in [-0.39, 0.29) is 11.7 Å². The van der Waals surface area contributed by atoms with Gasteiger partial charge in [-0.15, -0.1) is 0 Å². The topological polar surface area (TPSA) is 49.0 Å². The summed E-state index contributed by atoms with van der Waals surface area (Å²) >= 11 is 0. The number of nitrogens with one attached hydrogen (secondary N) is 2. The van der Waals surface area contributed by atoms with E-state index in [1.54, 1.807) is 12.1 Å². The summed E-state index contributed by atoms with van der Waals surface area (Å²) in [5, 5.41) is 3.28. The Morgan fingerprint density at radius 1 is 1.08 bits per heavy atom. The summed E-state index contributed by atoms with van der Waals surface area (Å²) in [4.78, 5) is 16.3. The van der Waals surface area contributed by atoms with E-state index in [0.29, 0.717) is 23.6 Å². The highest BCUT2D eigenvalue weighted by molar-refractivity contribution is 5.98. The van der Waals surface area contributed by atoms with Gasteiger partial charge in [-0.25, -0.2) is 9.37 Å². The SMILES string of the molecule is O=C(NC(C1CC1)C1CC1)c1[nH]c(-c2ccc(F)cc2)[n+]2ccccc12. The molecule has 0 spiro atoms. The third-order valence-corrected chi connectivity index (χ3v) is 5.50. The number of nitrogens with zero attached hydrogens (tertiary/aromatic N) is 1. The van der Waals surface area contributed by atoms with E-state index in [2.05, 4.69) is 10.3 Å². The van der Waals surface area contributed by atoms with Gasteiger partial charge in [0, 0.05) is 6.04 Å². The van der Waals surface area contributed by atoms with Gasteiger partial charge in [-0.2, -0.15) is 4.40 Å². The number of pyridine rings is 1. The number of imidazole rings is 1. The van der Waals surface area contributed by atoms with Crippen molar-refractivity contribution in [3.05, 3.63) is 60.2 Å². The Hall–Kier alpha value is -2.69. The number of aromatic nitrogens is 2. The second-order valence-corrected chi connectivity index (χ2v) is 7.49. The first-order valence-corrected chi connectivity index (χ1v) is 9.30. The Morgan fingerprint density at radius 2 is 1.77 bits per heavy atom. The van der Waals surface area contributed by atoms with E-state index in [9.17, 15) is 9.18 Å². The smallest absolute Gasteiger partial charge is 0.295 e. The quantitative estimate of drug-likeness (QED) is 0.680. The predicted molar refractivity (Wildman–Crippen MR) is 96.0 cm³/mol. The average Bonchev–Trinajstić information content (AvgIpc) is 3.57. The molecule has 2 saturated carbocycles.